The Balaban J connectivity index is 1.80. The van der Waals surface area contributed by atoms with Crippen molar-refractivity contribution in [1.29, 1.82) is 0 Å². The van der Waals surface area contributed by atoms with Crippen LogP contribution in [0.4, 0.5) is 0 Å². The van der Waals surface area contributed by atoms with E-state index >= 15 is 0 Å². The molecule has 21 heavy (non-hydrogen) atoms. The van der Waals surface area contributed by atoms with Gasteiger partial charge in [0.1, 0.15) is 11.5 Å². The van der Waals surface area contributed by atoms with Crippen molar-refractivity contribution in [3.05, 3.63) is 23.8 Å². The lowest BCUT2D eigenvalue weighted by molar-refractivity contribution is -0.121. The van der Waals surface area contributed by atoms with E-state index in [9.17, 15) is 4.79 Å². The molecule has 1 unspecified atom stereocenters. The number of hydrogen-bond donors (Lipinski definition) is 2. The molecule has 1 fully saturated rings. The fraction of sp³-hybridized carbons (Fsp3) is 0.562. The molecule has 2 N–H and O–H groups in total. The van der Waals surface area contributed by atoms with Crippen LogP contribution in [0.3, 0.4) is 0 Å². The van der Waals surface area contributed by atoms with Gasteiger partial charge in [-0.15, -0.1) is 0 Å². The van der Waals surface area contributed by atoms with Gasteiger partial charge in [-0.25, -0.2) is 0 Å². The molecular formula is C16H24N2O3. The van der Waals surface area contributed by atoms with Gasteiger partial charge in [-0.2, -0.15) is 0 Å². The van der Waals surface area contributed by atoms with Crippen LogP contribution in [0.1, 0.15) is 24.8 Å². The van der Waals surface area contributed by atoms with E-state index in [1.54, 1.807) is 14.2 Å². The third-order valence-corrected chi connectivity index (χ3v) is 3.80. The minimum Gasteiger partial charge on any atom is -0.497 e. The van der Waals surface area contributed by atoms with Crippen LogP contribution in [-0.4, -0.2) is 39.3 Å². The molecule has 5 heteroatoms. The van der Waals surface area contributed by atoms with Gasteiger partial charge in [0.15, 0.2) is 0 Å². The first-order valence-electron chi connectivity index (χ1n) is 7.44. The third kappa shape index (κ3) is 4.63. The van der Waals surface area contributed by atoms with E-state index in [1.165, 1.54) is 6.42 Å². The van der Waals surface area contributed by atoms with Crippen molar-refractivity contribution in [3.63, 3.8) is 0 Å². The Labute approximate surface area is 126 Å². The minimum atomic E-state index is 0.108. The molecular weight excluding hydrogens is 268 g/mol. The summed E-state index contributed by atoms with van der Waals surface area (Å²) in [6.07, 6.45) is 3.55. The largest absolute Gasteiger partial charge is 0.497 e. The molecule has 2 rings (SSSR count). The maximum Gasteiger partial charge on any atom is 0.221 e. The highest BCUT2D eigenvalue weighted by Gasteiger charge is 2.17. The van der Waals surface area contributed by atoms with Crippen molar-refractivity contribution in [1.82, 2.24) is 10.6 Å². The summed E-state index contributed by atoms with van der Waals surface area (Å²) in [5.41, 5.74) is 1.04. The summed E-state index contributed by atoms with van der Waals surface area (Å²) in [6, 6.07) is 6.05. The number of methoxy groups -OCH3 is 2. The molecule has 0 bridgehead atoms. The highest BCUT2D eigenvalue weighted by Crippen LogP contribution is 2.24. The third-order valence-electron chi connectivity index (χ3n) is 3.80. The molecule has 1 aliphatic heterocycles. The predicted octanol–water partition coefficient (Wildman–Crippen LogP) is 1.50. The second-order valence-corrected chi connectivity index (χ2v) is 5.28. The first-order valence-corrected chi connectivity index (χ1v) is 7.44. The Kier molecular flexibility index (Phi) is 5.87. The Bertz CT molecular complexity index is 471. The van der Waals surface area contributed by atoms with E-state index in [0.717, 1.165) is 36.4 Å². The van der Waals surface area contributed by atoms with Crippen LogP contribution in [0.5, 0.6) is 11.5 Å². The first kappa shape index (κ1) is 15.6. The average Bonchev–Trinajstić information content (AvgIpc) is 3.00. The number of hydrogen-bond acceptors (Lipinski definition) is 4. The van der Waals surface area contributed by atoms with Crippen LogP contribution in [-0.2, 0) is 11.2 Å². The zero-order valence-electron chi connectivity index (χ0n) is 12.8. The maximum atomic E-state index is 11.9. The van der Waals surface area contributed by atoms with Crippen LogP contribution >= 0.6 is 0 Å². The van der Waals surface area contributed by atoms with E-state index in [1.807, 2.05) is 18.2 Å². The summed E-state index contributed by atoms with van der Waals surface area (Å²) in [7, 11) is 3.29. The van der Waals surface area contributed by atoms with Crippen molar-refractivity contribution in [2.75, 3.05) is 27.3 Å². The molecule has 5 nitrogen and oxygen atoms in total. The Morgan fingerprint density at radius 2 is 2.24 bits per heavy atom. The summed E-state index contributed by atoms with van der Waals surface area (Å²) < 4.78 is 10.6. The normalized spacial score (nSPS) is 17.5. The molecule has 0 saturated carbocycles. The van der Waals surface area contributed by atoms with Gasteiger partial charge in [0, 0.05) is 19.0 Å². The number of nitrogens with one attached hydrogen (secondary N) is 2. The molecule has 1 atom stereocenters. The summed E-state index contributed by atoms with van der Waals surface area (Å²) in [5, 5.41) is 6.30. The molecule has 0 radical (unpaired) electrons. The Hall–Kier alpha value is -1.75. The van der Waals surface area contributed by atoms with Gasteiger partial charge in [-0.05, 0) is 49.6 Å². The van der Waals surface area contributed by atoms with Gasteiger partial charge >= 0.3 is 0 Å². The average molecular weight is 292 g/mol. The van der Waals surface area contributed by atoms with Crippen molar-refractivity contribution in [2.45, 2.75) is 31.7 Å². The topological polar surface area (TPSA) is 59.6 Å². The highest BCUT2D eigenvalue weighted by atomic mass is 16.5. The standard InChI is InChI=1S/C16H24N2O3/c1-20-14-5-6-15(21-2)12(10-14)7-9-18-16(19)11-13-4-3-8-17-13/h5-6,10,13,17H,3-4,7-9,11H2,1-2H3,(H,18,19). The van der Waals surface area contributed by atoms with E-state index in [0.29, 0.717) is 19.0 Å². The van der Waals surface area contributed by atoms with Crippen LogP contribution in [0, 0.1) is 0 Å². The zero-order chi connectivity index (χ0) is 15.1. The van der Waals surface area contributed by atoms with E-state index in [4.69, 9.17) is 9.47 Å². The molecule has 1 heterocycles. The SMILES string of the molecule is COc1ccc(OC)c(CCNC(=O)CC2CCCN2)c1. The molecule has 1 aromatic rings. The number of carbonyl (C=O) groups is 1. The molecule has 0 aromatic heterocycles. The fourth-order valence-corrected chi connectivity index (χ4v) is 2.64. The first-order chi connectivity index (χ1) is 10.2. The zero-order valence-corrected chi connectivity index (χ0v) is 12.8. The van der Waals surface area contributed by atoms with Crippen molar-refractivity contribution in [2.24, 2.45) is 0 Å². The van der Waals surface area contributed by atoms with Crippen molar-refractivity contribution >= 4 is 5.91 Å². The number of carbonyl (C=O) groups excluding carboxylic acids is 1. The van der Waals surface area contributed by atoms with Gasteiger partial charge in [0.25, 0.3) is 0 Å². The molecule has 0 aliphatic carbocycles. The minimum absolute atomic E-state index is 0.108. The van der Waals surface area contributed by atoms with Gasteiger partial charge in [0.05, 0.1) is 14.2 Å². The molecule has 1 aromatic carbocycles. The van der Waals surface area contributed by atoms with Gasteiger partial charge in [-0.3, -0.25) is 4.79 Å². The number of amides is 1. The smallest absolute Gasteiger partial charge is 0.221 e. The summed E-state index contributed by atoms with van der Waals surface area (Å²) in [6.45, 7) is 1.63. The monoisotopic (exact) mass is 292 g/mol. The molecule has 0 spiro atoms. The van der Waals surface area contributed by atoms with Gasteiger partial charge in [-0.1, -0.05) is 0 Å². The van der Waals surface area contributed by atoms with Crippen molar-refractivity contribution < 1.29 is 14.3 Å². The fourth-order valence-electron chi connectivity index (χ4n) is 2.64. The second kappa shape index (κ2) is 7.88. The summed E-state index contributed by atoms with van der Waals surface area (Å²) in [4.78, 5) is 11.9. The molecule has 1 aliphatic rings. The van der Waals surface area contributed by atoms with E-state index < -0.39 is 0 Å². The molecule has 1 amide bonds. The lowest BCUT2D eigenvalue weighted by Crippen LogP contribution is -2.32. The van der Waals surface area contributed by atoms with E-state index in [2.05, 4.69) is 10.6 Å². The summed E-state index contributed by atoms with van der Waals surface area (Å²) >= 11 is 0. The number of rotatable bonds is 7. The lowest BCUT2D eigenvalue weighted by Gasteiger charge is -2.12. The number of ether oxygens (including phenoxy) is 2. The van der Waals surface area contributed by atoms with Gasteiger partial charge < -0.3 is 20.1 Å². The van der Waals surface area contributed by atoms with Crippen LogP contribution in [0.2, 0.25) is 0 Å². The maximum absolute atomic E-state index is 11.9. The van der Waals surface area contributed by atoms with Crippen molar-refractivity contribution in [3.8, 4) is 11.5 Å². The Morgan fingerprint density at radius 1 is 1.38 bits per heavy atom. The second-order valence-electron chi connectivity index (χ2n) is 5.28. The number of benzene rings is 1. The molecule has 1 saturated heterocycles. The van der Waals surface area contributed by atoms with Crippen LogP contribution < -0.4 is 20.1 Å². The molecule has 116 valence electrons. The lowest BCUT2D eigenvalue weighted by atomic mass is 10.1. The predicted molar refractivity (Wildman–Crippen MR) is 81.9 cm³/mol. The quantitative estimate of drug-likeness (QED) is 0.799. The summed E-state index contributed by atoms with van der Waals surface area (Å²) in [5.74, 6) is 1.73. The highest BCUT2D eigenvalue weighted by molar-refractivity contribution is 5.76. The van der Waals surface area contributed by atoms with E-state index in [-0.39, 0.29) is 5.91 Å². The Morgan fingerprint density at radius 3 is 2.90 bits per heavy atom. The van der Waals surface area contributed by atoms with Crippen LogP contribution in [0.15, 0.2) is 18.2 Å². The van der Waals surface area contributed by atoms with Gasteiger partial charge in [0.2, 0.25) is 5.91 Å². The van der Waals surface area contributed by atoms with Crippen LogP contribution in [0.25, 0.3) is 0 Å².